The maximum Gasteiger partial charge on any atom is 0.183 e. The zero-order valence-electron chi connectivity index (χ0n) is 9.50. The molecule has 5 heteroatoms. The van der Waals surface area contributed by atoms with Gasteiger partial charge in [0.15, 0.2) is 9.84 Å². The van der Waals surface area contributed by atoms with Crippen LogP contribution in [-0.2, 0) is 20.6 Å². The van der Waals surface area contributed by atoms with Gasteiger partial charge in [-0.1, -0.05) is 18.2 Å². The molecule has 1 saturated heterocycles. The van der Waals surface area contributed by atoms with E-state index in [1.807, 2.05) is 6.07 Å². The van der Waals surface area contributed by atoms with Gasteiger partial charge in [-0.05, 0) is 31.9 Å². The van der Waals surface area contributed by atoms with Gasteiger partial charge in [-0.25, -0.2) is 8.42 Å². The van der Waals surface area contributed by atoms with E-state index in [2.05, 4.69) is 0 Å². The fourth-order valence-corrected chi connectivity index (χ4v) is 6.79. The van der Waals surface area contributed by atoms with Crippen molar-refractivity contribution in [3.63, 3.8) is 0 Å². The van der Waals surface area contributed by atoms with Crippen LogP contribution in [0.2, 0.25) is 0 Å². The lowest BCUT2D eigenvalue weighted by Gasteiger charge is -2.25. The summed E-state index contributed by atoms with van der Waals surface area (Å²) in [7, 11) is -4.06. The Morgan fingerprint density at radius 2 is 1.71 bits per heavy atom. The van der Waals surface area contributed by atoms with E-state index in [9.17, 15) is 12.6 Å². The van der Waals surface area contributed by atoms with Crippen molar-refractivity contribution in [3.8, 4) is 0 Å². The molecule has 1 aromatic rings. The molecule has 1 aromatic carbocycles. The second-order valence-electron chi connectivity index (χ2n) is 5.08. The van der Waals surface area contributed by atoms with Crippen LogP contribution in [0, 0.1) is 0 Å². The smallest absolute Gasteiger partial charge is 0.183 e. The Bertz CT molecular complexity index is 563. The average molecular weight is 270 g/mol. The first kappa shape index (κ1) is 11.4. The Kier molecular flexibility index (Phi) is 2.29. The third-order valence-electron chi connectivity index (χ3n) is 3.90. The normalized spacial score (nSPS) is 39.9. The van der Waals surface area contributed by atoms with Crippen LogP contribution in [0.4, 0.5) is 0 Å². The number of hydrogen-bond acceptors (Lipinski definition) is 3. The molecule has 0 spiro atoms. The van der Waals surface area contributed by atoms with Crippen molar-refractivity contribution < 1.29 is 12.6 Å². The summed E-state index contributed by atoms with van der Waals surface area (Å²) in [5.74, 6) is 0. The molecule has 2 unspecified atom stereocenters. The van der Waals surface area contributed by atoms with Crippen molar-refractivity contribution in [1.82, 2.24) is 0 Å². The van der Waals surface area contributed by atoms with Crippen molar-refractivity contribution in [2.75, 3.05) is 0 Å². The van der Waals surface area contributed by atoms with Crippen LogP contribution in [0.15, 0.2) is 35.2 Å². The Hall–Kier alpha value is -0.680. The first-order valence-corrected chi connectivity index (χ1v) is 8.41. The lowest BCUT2D eigenvalue weighted by atomic mass is 10.1. The van der Waals surface area contributed by atoms with E-state index in [0.717, 1.165) is 0 Å². The minimum Gasteiger partial charge on any atom is -0.259 e. The molecule has 0 bridgehead atoms. The fraction of sp³-hybridized carbons (Fsp3) is 0.500. The highest BCUT2D eigenvalue weighted by atomic mass is 32.2. The van der Waals surface area contributed by atoms with E-state index < -0.39 is 25.4 Å². The molecule has 1 saturated carbocycles. The van der Waals surface area contributed by atoms with E-state index in [1.165, 1.54) is 0 Å². The topological polar surface area (TPSA) is 51.2 Å². The lowest BCUT2D eigenvalue weighted by molar-refractivity contribution is 0.530. The maximum atomic E-state index is 12.5. The summed E-state index contributed by atoms with van der Waals surface area (Å²) in [6, 6.07) is 8.57. The van der Waals surface area contributed by atoms with Crippen LogP contribution in [0.5, 0.6) is 0 Å². The standard InChI is InChI=1S/C12H14O3S2/c1-12(7-10-11(8-12)16(10)13)17(14,15)9-5-3-2-4-6-9/h2-6,10-11H,7-8H2,1H3/t10-,11+,12?,16?. The largest absolute Gasteiger partial charge is 0.259 e. The predicted molar refractivity (Wildman–Crippen MR) is 67.0 cm³/mol. The van der Waals surface area contributed by atoms with E-state index in [4.69, 9.17) is 0 Å². The molecule has 4 atom stereocenters. The van der Waals surface area contributed by atoms with Crippen molar-refractivity contribution >= 4 is 20.6 Å². The molecular weight excluding hydrogens is 256 g/mol. The maximum absolute atomic E-state index is 12.5. The zero-order chi connectivity index (χ0) is 12.3. The molecule has 3 nitrogen and oxygen atoms in total. The Balaban J connectivity index is 1.97. The van der Waals surface area contributed by atoms with Crippen LogP contribution < -0.4 is 0 Å². The van der Waals surface area contributed by atoms with Crippen LogP contribution in [0.3, 0.4) is 0 Å². The molecule has 2 aliphatic rings. The third-order valence-corrected chi connectivity index (χ3v) is 8.30. The summed E-state index contributed by atoms with van der Waals surface area (Å²) in [5, 5.41) is 0.247. The van der Waals surface area contributed by atoms with Gasteiger partial charge in [0.1, 0.15) is 0 Å². The molecule has 1 aliphatic heterocycles. The quantitative estimate of drug-likeness (QED) is 0.765. The summed E-state index contributed by atoms with van der Waals surface area (Å²) in [5.41, 5.74) is 0. The van der Waals surface area contributed by atoms with Gasteiger partial charge in [-0.2, -0.15) is 0 Å². The van der Waals surface area contributed by atoms with Crippen LogP contribution >= 0.6 is 0 Å². The van der Waals surface area contributed by atoms with Crippen molar-refractivity contribution in [2.24, 2.45) is 0 Å². The predicted octanol–water partition coefficient (Wildman–Crippen LogP) is 1.51. The van der Waals surface area contributed by atoms with Gasteiger partial charge in [-0.15, -0.1) is 0 Å². The number of sulfone groups is 1. The summed E-state index contributed by atoms with van der Waals surface area (Å²) < 4.78 is 35.7. The highest BCUT2D eigenvalue weighted by Crippen LogP contribution is 2.52. The summed E-state index contributed by atoms with van der Waals surface area (Å²) in [6.45, 7) is 1.79. The van der Waals surface area contributed by atoms with E-state index in [0.29, 0.717) is 17.7 Å². The summed E-state index contributed by atoms with van der Waals surface area (Å²) >= 11 is 0. The number of rotatable bonds is 2. The van der Waals surface area contributed by atoms with Crippen LogP contribution in [0.25, 0.3) is 0 Å². The summed E-state index contributed by atoms with van der Waals surface area (Å²) in [6.07, 6.45) is 1.09. The molecular formula is C12H14O3S2. The van der Waals surface area contributed by atoms with Crippen molar-refractivity contribution in [1.29, 1.82) is 0 Å². The molecule has 92 valence electrons. The lowest BCUT2D eigenvalue weighted by Crippen LogP contribution is -2.34. The minimum atomic E-state index is -3.30. The Morgan fingerprint density at radius 1 is 1.18 bits per heavy atom. The van der Waals surface area contributed by atoms with E-state index >= 15 is 0 Å². The Labute approximate surface area is 104 Å². The second-order valence-corrected chi connectivity index (χ2v) is 9.41. The number of fused-ring (bicyclic) bond motifs is 1. The SMILES string of the molecule is CC1(S(=O)(=O)c2ccccc2)C[C@@H]2[C@H](C1)S2=O. The molecule has 1 aliphatic carbocycles. The highest BCUT2D eigenvalue weighted by molar-refractivity contribution is 7.95. The average Bonchev–Trinajstić information content (AvgIpc) is 2.77. The molecule has 17 heavy (non-hydrogen) atoms. The molecule has 2 fully saturated rings. The van der Waals surface area contributed by atoms with Gasteiger partial charge in [0.2, 0.25) is 0 Å². The molecule has 0 radical (unpaired) electrons. The molecule has 0 N–H and O–H groups in total. The van der Waals surface area contributed by atoms with Gasteiger partial charge in [0, 0.05) is 10.8 Å². The molecule has 3 rings (SSSR count). The third kappa shape index (κ3) is 1.52. The van der Waals surface area contributed by atoms with Crippen molar-refractivity contribution in [3.05, 3.63) is 30.3 Å². The number of hydrogen-bond donors (Lipinski definition) is 0. The van der Waals surface area contributed by atoms with Crippen LogP contribution in [0.1, 0.15) is 19.8 Å². The second kappa shape index (κ2) is 3.42. The molecule has 1 heterocycles. The van der Waals surface area contributed by atoms with Gasteiger partial charge in [-0.3, -0.25) is 4.21 Å². The van der Waals surface area contributed by atoms with E-state index in [1.54, 1.807) is 31.2 Å². The minimum absolute atomic E-state index is 0.124. The Morgan fingerprint density at radius 3 is 2.24 bits per heavy atom. The summed E-state index contributed by atoms with van der Waals surface area (Å²) in [4.78, 5) is 0.384. The number of benzene rings is 1. The molecule has 0 amide bonds. The first-order valence-electron chi connectivity index (χ1n) is 5.65. The van der Waals surface area contributed by atoms with E-state index in [-0.39, 0.29) is 10.5 Å². The van der Waals surface area contributed by atoms with Gasteiger partial charge in [0.05, 0.1) is 20.1 Å². The van der Waals surface area contributed by atoms with Crippen LogP contribution in [-0.4, -0.2) is 27.9 Å². The van der Waals surface area contributed by atoms with Gasteiger partial charge >= 0.3 is 0 Å². The van der Waals surface area contributed by atoms with Gasteiger partial charge in [0.25, 0.3) is 0 Å². The monoisotopic (exact) mass is 270 g/mol. The van der Waals surface area contributed by atoms with Crippen molar-refractivity contribution in [2.45, 2.75) is 39.9 Å². The molecule has 0 aromatic heterocycles. The fourth-order valence-electron chi connectivity index (χ4n) is 2.75. The highest BCUT2D eigenvalue weighted by Gasteiger charge is 2.63. The van der Waals surface area contributed by atoms with Gasteiger partial charge < -0.3 is 0 Å². The first-order chi connectivity index (χ1) is 7.96. The zero-order valence-corrected chi connectivity index (χ0v) is 11.1.